The fraction of sp³-hybridized carbons (Fsp3) is 0.400. The molecule has 3 aromatic heterocycles. The number of piperidine rings is 1. The van der Waals surface area contributed by atoms with E-state index in [2.05, 4.69) is 30.2 Å². The van der Waals surface area contributed by atoms with Crippen LogP contribution in [0.15, 0.2) is 30.6 Å². The second-order valence-corrected chi connectivity index (χ2v) is 7.19. The molecule has 1 atom stereocenters. The molecule has 0 amide bonds. The van der Waals surface area contributed by atoms with E-state index in [1.54, 1.807) is 12.4 Å². The first-order chi connectivity index (χ1) is 13.6. The predicted molar refractivity (Wildman–Crippen MR) is 108 cm³/mol. The molecule has 0 saturated carbocycles. The monoisotopic (exact) mass is 376 g/mol. The van der Waals surface area contributed by atoms with Crippen molar-refractivity contribution in [1.82, 2.24) is 29.9 Å². The van der Waals surface area contributed by atoms with Gasteiger partial charge in [0, 0.05) is 54.5 Å². The molecule has 1 N–H and O–H groups in total. The highest BCUT2D eigenvalue weighted by Gasteiger charge is 2.25. The van der Waals surface area contributed by atoms with Crippen LogP contribution >= 0.6 is 0 Å². The van der Waals surface area contributed by atoms with Gasteiger partial charge in [0.2, 0.25) is 11.9 Å². The average molecular weight is 376 g/mol. The molecular formula is C20H24N8. The van der Waals surface area contributed by atoms with Crippen molar-refractivity contribution in [3.8, 4) is 0 Å². The lowest BCUT2D eigenvalue weighted by molar-refractivity contribution is 0.485. The van der Waals surface area contributed by atoms with Gasteiger partial charge in [-0.15, -0.1) is 0 Å². The molecule has 1 aliphatic heterocycles. The molecule has 0 radical (unpaired) electrons. The van der Waals surface area contributed by atoms with Crippen LogP contribution < -0.4 is 10.2 Å². The second-order valence-electron chi connectivity index (χ2n) is 7.19. The number of rotatable bonds is 4. The molecular weight excluding hydrogens is 352 g/mol. The summed E-state index contributed by atoms with van der Waals surface area (Å²) < 4.78 is 0. The van der Waals surface area contributed by atoms with Gasteiger partial charge >= 0.3 is 0 Å². The van der Waals surface area contributed by atoms with Crippen LogP contribution in [-0.2, 0) is 0 Å². The lowest BCUT2D eigenvalue weighted by Gasteiger charge is -2.32. The largest absolute Gasteiger partial charge is 0.340 e. The number of aryl methyl sites for hydroxylation is 3. The normalized spacial score (nSPS) is 16.8. The molecule has 1 unspecified atom stereocenters. The molecule has 0 bridgehead atoms. The third-order valence-corrected chi connectivity index (χ3v) is 4.72. The highest BCUT2D eigenvalue weighted by molar-refractivity contribution is 5.48. The van der Waals surface area contributed by atoms with Crippen LogP contribution in [0.25, 0.3) is 0 Å². The summed E-state index contributed by atoms with van der Waals surface area (Å²) in [6.07, 6.45) is 5.66. The Morgan fingerprint density at radius 1 is 0.929 bits per heavy atom. The van der Waals surface area contributed by atoms with Gasteiger partial charge in [-0.1, -0.05) is 0 Å². The van der Waals surface area contributed by atoms with Gasteiger partial charge < -0.3 is 10.2 Å². The summed E-state index contributed by atoms with van der Waals surface area (Å²) in [4.78, 5) is 29.3. The van der Waals surface area contributed by atoms with E-state index in [9.17, 15) is 0 Å². The zero-order valence-electron chi connectivity index (χ0n) is 16.4. The molecule has 0 aromatic carbocycles. The fourth-order valence-electron chi connectivity index (χ4n) is 3.56. The van der Waals surface area contributed by atoms with E-state index in [0.29, 0.717) is 5.95 Å². The summed E-state index contributed by atoms with van der Waals surface area (Å²) in [6.45, 7) is 7.66. The van der Waals surface area contributed by atoms with Gasteiger partial charge in [0.05, 0.1) is 0 Å². The van der Waals surface area contributed by atoms with E-state index >= 15 is 0 Å². The molecule has 1 aliphatic rings. The Labute approximate surface area is 164 Å². The zero-order valence-corrected chi connectivity index (χ0v) is 16.4. The molecule has 8 heteroatoms. The molecule has 4 rings (SSSR count). The standard InChI is InChI=1S/C20H24N8/c1-13-10-14(2)25-19(24-13)27-17-11-15(3)23-18(26-17)16-6-4-9-28(12-16)20-21-7-5-8-22-20/h5,7-8,10-11,16H,4,6,9,12H2,1-3H3,(H,23,24,25,26,27). The summed E-state index contributed by atoms with van der Waals surface area (Å²) in [6, 6.07) is 5.71. The van der Waals surface area contributed by atoms with Crippen LogP contribution in [0.1, 0.15) is 41.7 Å². The first-order valence-corrected chi connectivity index (χ1v) is 9.54. The van der Waals surface area contributed by atoms with Crippen molar-refractivity contribution < 1.29 is 0 Å². The quantitative estimate of drug-likeness (QED) is 0.742. The third-order valence-electron chi connectivity index (χ3n) is 4.72. The van der Waals surface area contributed by atoms with Crippen LogP contribution in [0, 0.1) is 20.8 Å². The number of anilines is 3. The highest BCUT2D eigenvalue weighted by Crippen LogP contribution is 2.27. The Kier molecular flexibility index (Phi) is 5.10. The molecule has 144 valence electrons. The Morgan fingerprint density at radius 3 is 2.39 bits per heavy atom. The molecule has 0 aliphatic carbocycles. The van der Waals surface area contributed by atoms with Gasteiger partial charge in [0.25, 0.3) is 0 Å². The maximum absolute atomic E-state index is 4.77. The minimum Gasteiger partial charge on any atom is -0.340 e. The molecule has 8 nitrogen and oxygen atoms in total. The van der Waals surface area contributed by atoms with Crippen LogP contribution in [0.4, 0.5) is 17.7 Å². The number of hydrogen-bond acceptors (Lipinski definition) is 8. The maximum atomic E-state index is 4.77. The van der Waals surface area contributed by atoms with Gasteiger partial charge in [-0.3, -0.25) is 0 Å². The Balaban J connectivity index is 1.56. The Morgan fingerprint density at radius 2 is 1.64 bits per heavy atom. The third kappa shape index (κ3) is 4.21. The van der Waals surface area contributed by atoms with E-state index < -0.39 is 0 Å². The Hall–Kier alpha value is -3.16. The number of hydrogen-bond donors (Lipinski definition) is 1. The van der Waals surface area contributed by atoms with Crippen LogP contribution in [0.5, 0.6) is 0 Å². The van der Waals surface area contributed by atoms with E-state index in [4.69, 9.17) is 9.97 Å². The lowest BCUT2D eigenvalue weighted by atomic mass is 9.97. The Bertz CT molecular complexity index is 939. The molecule has 3 aromatic rings. The second kappa shape index (κ2) is 7.84. The van der Waals surface area contributed by atoms with E-state index in [0.717, 1.165) is 60.6 Å². The highest BCUT2D eigenvalue weighted by atomic mass is 15.3. The summed E-state index contributed by atoms with van der Waals surface area (Å²) in [5.41, 5.74) is 2.77. The minimum absolute atomic E-state index is 0.234. The van der Waals surface area contributed by atoms with Crippen LogP contribution in [0.2, 0.25) is 0 Å². The fourth-order valence-corrected chi connectivity index (χ4v) is 3.56. The predicted octanol–water partition coefficient (Wildman–Crippen LogP) is 3.11. The summed E-state index contributed by atoms with van der Waals surface area (Å²) in [7, 11) is 0. The first-order valence-electron chi connectivity index (χ1n) is 9.54. The maximum Gasteiger partial charge on any atom is 0.228 e. The summed E-state index contributed by atoms with van der Waals surface area (Å²) >= 11 is 0. The van der Waals surface area contributed by atoms with Gasteiger partial charge in [0.1, 0.15) is 11.6 Å². The SMILES string of the molecule is Cc1cc(C)nc(Nc2cc(C)nc(C3CCCN(c4ncccn4)C3)n2)n1. The van der Waals surface area contributed by atoms with E-state index in [1.807, 2.05) is 39.0 Å². The van der Waals surface area contributed by atoms with E-state index in [1.165, 1.54) is 0 Å². The van der Waals surface area contributed by atoms with Crippen molar-refractivity contribution >= 4 is 17.7 Å². The van der Waals surface area contributed by atoms with Gasteiger partial charge in [-0.2, -0.15) is 0 Å². The van der Waals surface area contributed by atoms with Gasteiger partial charge in [-0.05, 0) is 45.7 Å². The van der Waals surface area contributed by atoms with Crippen molar-refractivity contribution in [1.29, 1.82) is 0 Å². The minimum atomic E-state index is 0.234. The number of aromatic nitrogens is 6. The molecule has 1 fully saturated rings. The topological polar surface area (TPSA) is 92.6 Å². The average Bonchev–Trinajstić information content (AvgIpc) is 2.67. The van der Waals surface area contributed by atoms with Crippen molar-refractivity contribution in [3.05, 3.63) is 53.5 Å². The van der Waals surface area contributed by atoms with Crippen molar-refractivity contribution in [2.75, 3.05) is 23.3 Å². The van der Waals surface area contributed by atoms with Gasteiger partial charge in [0.15, 0.2) is 0 Å². The molecule has 1 saturated heterocycles. The number of nitrogens with one attached hydrogen (secondary N) is 1. The van der Waals surface area contributed by atoms with Crippen molar-refractivity contribution in [2.24, 2.45) is 0 Å². The van der Waals surface area contributed by atoms with E-state index in [-0.39, 0.29) is 5.92 Å². The van der Waals surface area contributed by atoms with Crippen LogP contribution in [0.3, 0.4) is 0 Å². The summed E-state index contributed by atoms with van der Waals surface area (Å²) in [5.74, 6) is 3.12. The molecule has 4 heterocycles. The molecule has 28 heavy (non-hydrogen) atoms. The number of nitrogens with zero attached hydrogens (tertiary/aromatic N) is 7. The van der Waals surface area contributed by atoms with Crippen molar-refractivity contribution in [2.45, 2.75) is 39.5 Å². The van der Waals surface area contributed by atoms with Crippen molar-refractivity contribution in [3.63, 3.8) is 0 Å². The molecule has 0 spiro atoms. The van der Waals surface area contributed by atoms with Crippen LogP contribution in [-0.4, -0.2) is 43.0 Å². The first kappa shape index (κ1) is 18.2. The summed E-state index contributed by atoms with van der Waals surface area (Å²) in [5, 5.41) is 3.24. The smallest absolute Gasteiger partial charge is 0.228 e. The zero-order chi connectivity index (χ0) is 19.5. The van der Waals surface area contributed by atoms with Gasteiger partial charge in [-0.25, -0.2) is 29.9 Å². The lowest BCUT2D eigenvalue weighted by Crippen LogP contribution is -2.36.